The molecule has 10 rings (SSSR count). The van der Waals surface area contributed by atoms with Crippen LogP contribution in [0.3, 0.4) is 0 Å². The van der Waals surface area contributed by atoms with Gasteiger partial charge in [-0.15, -0.1) is 0 Å². The average molecular weight is 813 g/mol. The highest BCUT2D eigenvalue weighted by molar-refractivity contribution is 6.10. The summed E-state index contributed by atoms with van der Waals surface area (Å²) in [5.41, 5.74) is 4.49. The Labute approximate surface area is 342 Å². The van der Waals surface area contributed by atoms with Gasteiger partial charge in [0.25, 0.3) is 11.8 Å². The van der Waals surface area contributed by atoms with Gasteiger partial charge in [0, 0.05) is 60.1 Å². The summed E-state index contributed by atoms with van der Waals surface area (Å²) < 4.78 is 17.9. The summed E-state index contributed by atoms with van der Waals surface area (Å²) in [6.07, 6.45) is 20.3. The minimum Gasteiger partial charge on any atom is -0.496 e. The lowest BCUT2D eigenvalue weighted by atomic mass is 9.93. The zero-order chi connectivity index (χ0) is 41.3. The molecular weight excluding hydrogens is 769 g/mol. The molecule has 18 nitrogen and oxygen atoms in total. The summed E-state index contributed by atoms with van der Waals surface area (Å²) >= 11 is 0. The number of aromatic nitrogens is 10. The van der Waals surface area contributed by atoms with Crippen LogP contribution in [-0.2, 0) is 0 Å². The van der Waals surface area contributed by atoms with Crippen molar-refractivity contribution in [3.8, 4) is 11.5 Å². The van der Waals surface area contributed by atoms with Crippen LogP contribution in [0.1, 0.15) is 84.2 Å². The molecule has 18 heteroatoms. The summed E-state index contributed by atoms with van der Waals surface area (Å²) in [6.45, 7) is 0. The fourth-order valence-electron chi connectivity index (χ4n) is 8.18. The minimum absolute atomic E-state index is 0.161. The van der Waals surface area contributed by atoms with Gasteiger partial charge >= 0.3 is 0 Å². The topological polar surface area (TPSA) is 213 Å². The van der Waals surface area contributed by atoms with Crippen LogP contribution >= 0.6 is 0 Å². The number of anilines is 2. The summed E-state index contributed by atoms with van der Waals surface area (Å²) in [7, 11) is 3.06. The molecule has 308 valence electrons. The quantitative estimate of drug-likeness (QED) is 0.147. The average Bonchev–Trinajstić information content (AvgIpc) is 4.08. The Morgan fingerprint density at radius 2 is 1.12 bits per heavy atom. The van der Waals surface area contributed by atoms with Crippen molar-refractivity contribution in [1.29, 1.82) is 0 Å². The van der Waals surface area contributed by atoms with E-state index in [1.807, 2.05) is 21.8 Å². The molecule has 0 saturated heterocycles. The number of aliphatic hydroxyl groups excluding tert-OH is 2. The summed E-state index contributed by atoms with van der Waals surface area (Å²) in [5.74, 6) is 0.266. The minimum atomic E-state index is -0.310. The zero-order valence-electron chi connectivity index (χ0n) is 33.0. The highest BCUT2D eigenvalue weighted by atomic mass is 16.5. The van der Waals surface area contributed by atoms with Gasteiger partial charge in [-0.25, -0.2) is 19.0 Å². The maximum Gasteiger partial charge on any atom is 0.259 e. The monoisotopic (exact) mass is 812 g/mol. The van der Waals surface area contributed by atoms with Gasteiger partial charge < -0.3 is 30.3 Å². The number of benzene rings is 2. The van der Waals surface area contributed by atoms with Gasteiger partial charge in [0.2, 0.25) is 0 Å². The van der Waals surface area contributed by atoms with Crippen molar-refractivity contribution in [2.24, 2.45) is 0 Å². The largest absolute Gasteiger partial charge is 0.496 e. The van der Waals surface area contributed by atoms with E-state index in [0.29, 0.717) is 58.1 Å². The lowest BCUT2D eigenvalue weighted by Gasteiger charge is -2.25. The van der Waals surface area contributed by atoms with Gasteiger partial charge in [0.05, 0.1) is 73.1 Å². The van der Waals surface area contributed by atoms with Crippen molar-refractivity contribution in [2.75, 3.05) is 24.9 Å². The molecule has 0 spiro atoms. The van der Waals surface area contributed by atoms with Gasteiger partial charge in [0.15, 0.2) is 11.3 Å². The van der Waals surface area contributed by atoms with E-state index in [9.17, 15) is 19.8 Å². The Morgan fingerprint density at radius 1 is 0.667 bits per heavy atom. The molecule has 0 bridgehead atoms. The van der Waals surface area contributed by atoms with Crippen molar-refractivity contribution in [2.45, 2.75) is 75.7 Å². The SMILES string of the molecule is COc1cc2nn([C@H]3CCC[C@@H](O)C3)cc2cc1C(=O)Nc1cnn2cccnc12.COc1cc2nn([C@H]3CCC[C@@H](O)C3)cc2cc1C(=O)Nc1cnn2cccnc12. The lowest BCUT2D eigenvalue weighted by Crippen LogP contribution is -2.22. The number of rotatable bonds is 8. The third-order valence-corrected chi connectivity index (χ3v) is 11.2. The highest BCUT2D eigenvalue weighted by Crippen LogP contribution is 2.34. The third-order valence-electron chi connectivity index (χ3n) is 11.2. The number of carbonyl (C=O) groups is 2. The van der Waals surface area contributed by atoms with E-state index in [-0.39, 0.29) is 36.1 Å². The van der Waals surface area contributed by atoms with Crippen molar-refractivity contribution in [1.82, 2.24) is 48.8 Å². The zero-order valence-corrected chi connectivity index (χ0v) is 33.0. The Bertz CT molecular complexity index is 2650. The molecule has 60 heavy (non-hydrogen) atoms. The van der Waals surface area contributed by atoms with Crippen LogP contribution < -0.4 is 20.1 Å². The maximum absolute atomic E-state index is 13.0. The van der Waals surface area contributed by atoms with E-state index in [2.05, 4.69) is 41.0 Å². The molecule has 8 aromatic rings. The number of carbonyl (C=O) groups excluding carboxylic acids is 2. The summed E-state index contributed by atoms with van der Waals surface area (Å²) in [4.78, 5) is 34.6. The molecule has 2 amide bonds. The van der Waals surface area contributed by atoms with Gasteiger partial charge in [-0.1, -0.05) is 0 Å². The molecule has 2 fully saturated rings. The molecule has 2 aromatic carbocycles. The fourth-order valence-corrected chi connectivity index (χ4v) is 8.18. The molecule has 6 heterocycles. The molecule has 2 aliphatic rings. The molecule has 0 unspecified atom stereocenters. The van der Waals surface area contributed by atoms with Crippen molar-refractivity contribution in [3.05, 3.63) is 97.1 Å². The number of fused-ring (bicyclic) bond motifs is 4. The van der Waals surface area contributed by atoms with Crippen LogP contribution in [0.5, 0.6) is 11.5 Å². The van der Waals surface area contributed by atoms with Crippen molar-refractivity contribution < 1.29 is 29.3 Å². The van der Waals surface area contributed by atoms with E-state index in [1.54, 1.807) is 82.6 Å². The second-order valence-electron chi connectivity index (χ2n) is 15.2. The van der Waals surface area contributed by atoms with Crippen LogP contribution in [0.2, 0.25) is 0 Å². The predicted molar refractivity (Wildman–Crippen MR) is 221 cm³/mol. The first-order chi connectivity index (χ1) is 29.2. The molecule has 0 radical (unpaired) electrons. The van der Waals surface area contributed by atoms with Crippen molar-refractivity contribution >= 4 is 56.3 Å². The molecule has 6 aromatic heterocycles. The Morgan fingerprint density at radius 3 is 1.53 bits per heavy atom. The van der Waals surface area contributed by atoms with Gasteiger partial charge in [-0.05, 0) is 75.6 Å². The predicted octanol–water partition coefficient (Wildman–Crippen LogP) is 5.63. The molecule has 4 atom stereocenters. The lowest BCUT2D eigenvalue weighted by molar-refractivity contribution is 0.100. The van der Waals surface area contributed by atoms with Crippen LogP contribution in [-0.4, -0.2) is 97.2 Å². The second-order valence-corrected chi connectivity index (χ2v) is 15.2. The molecule has 2 aliphatic carbocycles. The first kappa shape index (κ1) is 38.6. The van der Waals surface area contributed by atoms with E-state index >= 15 is 0 Å². The Balaban J connectivity index is 0.000000154. The van der Waals surface area contributed by atoms with Crippen LogP contribution in [0, 0.1) is 0 Å². The fraction of sp³-hybridized carbons (Fsp3) is 0.333. The van der Waals surface area contributed by atoms with Gasteiger partial charge in [0.1, 0.15) is 22.9 Å². The van der Waals surface area contributed by atoms with Crippen LogP contribution in [0.4, 0.5) is 11.4 Å². The molecule has 2 saturated carbocycles. The van der Waals surface area contributed by atoms with Crippen LogP contribution in [0.25, 0.3) is 33.1 Å². The normalized spacial score (nSPS) is 19.3. The number of nitrogens with one attached hydrogen (secondary N) is 2. The number of methoxy groups -OCH3 is 2. The Kier molecular flexibility index (Phi) is 10.5. The van der Waals surface area contributed by atoms with Gasteiger partial charge in [-0.2, -0.15) is 20.4 Å². The van der Waals surface area contributed by atoms with E-state index < -0.39 is 0 Å². The second kappa shape index (κ2) is 16.4. The third kappa shape index (κ3) is 7.69. The van der Waals surface area contributed by atoms with E-state index in [0.717, 1.165) is 60.3 Å². The van der Waals surface area contributed by atoms with Crippen LogP contribution in [0.15, 0.2) is 86.0 Å². The Hall–Kier alpha value is -6.92. The number of hydrogen-bond donors (Lipinski definition) is 4. The number of nitrogens with zero attached hydrogens (tertiary/aromatic N) is 10. The smallest absolute Gasteiger partial charge is 0.259 e. The number of aliphatic hydroxyl groups is 2. The first-order valence-corrected chi connectivity index (χ1v) is 19.9. The highest BCUT2D eigenvalue weighted by Gasteiger charge is 2.26. The van der Waals surface area contributed by atoms with E-state index in [4.69, 9.17) is 9.47 Å². The van der Waals surface area contributed by atoms with Gasteiger partial charge in [-0.3, -0.25) is 19.0 Å². The number of amides is 2. The molecule has 4 N–H and O–H groups in total. The van der Waals surface area contributed by atoms with E-state index in [1.165, 1.54) is 14.2 Å². The molecule has 0 aliphatic heterocycles. The molecular formula is C42H44N12O6. The summed E-state index contributed by atoms with van der Waals surface area (Å²) in [5, 5.41) is 45.1. The number of hydrogen-bond acceptors (Lipinski definition) is 12. The summed E-state index contributed by atoms with van der Waals surface area (Å²) in [6, 6.07) is 11.0. The van der Waals surface area contributed by atoms with Crippen molar-refractivity contribution in [3.63, 3.8) is 0 Å². The first-order valence-electron chi connectivity index (χ1n) is 19.9. The maximum atomic E-state index is 13.0. The standard InChI is InChI=1S/2C21H22N6O3/c2*1-30-19-10-17-13(12-27(25-17)14-4-2-5-15(28)9-14)8-16(19)21(29)24-18-11-23-26-7-3-6-22-20(18)26/h2*3,6-8,10-12,14-15,28H,2,4-5,9H2,1H3,(H,24,29)/t2*14-,15+/m00/s1. The number of ether oxygens (including phenoxy) is 2.